The smallest absolute Gasteiger partial charge is 0.120 e. The van der Waals surface area contributed by atoms with Crippen LogP contribution in [0.5, 0.6) is 5.75 Å². The third-order valence-electron chi connectivity index (χ3n) is 4.34. The molecule has 1 saturated heterocycles. The van der Waals surface area contributed by atoms with Crippen molar-refractivity contribution in [3.05, 3.63) is 29.3 Å². The third kappa shape index (κ3) is 3.24. The average Bonchev–Trinajstić information content (AvgIpc) is 2.80. The second-order valence-electron chi connectivity index (χ2n) is 5.79. The fourth-order valence-corrected chi connectivity index (χ4v) is 3.50. The highest BCUT2D eigenvalue weighted by atomic mass is 35.5. The largest absolute Gasteiger partial charge is 0.491 e. The van der Waals surface area contributed by atoms with Crippen LogP contribution in [0, 0.1) is 0 Å². The van der Waals surface area contributed by atoms with Crippen molar-refractivity contribution in [1.82, 2.24) is 0 Å². The number of ether oxygens (including phenoxy) is 2. The maximum atomic E-state index is 6.28. The minimum Gasteiger partial charge on any atom is -0.491 e. The van der Waals surface area contributed by atoms with E-state index in [0.29, 0.717) is 11.6 Å². The Kier molecular flexibility index (Phi) is 3.99. The number of rotatable bonds is 3. The van der Waals surface area contributed by atoms with Crippen LogP contribution in [-0.2, 0) is 4.74 Å². The normalized spacial score (nSPS) is 25.6. The first-order chi connectivity index (χ1) is 9.26. The van der Waals surface area contributed by atoms with Gasteiger partial charge >= 0.3 is 0 Å². The molecule has 19 heavy (non-hydrogen) atoms. The molecule has 0 aromatic heterocycles. The molecule has 3 heteroatoms. The highest BCUT2D eigenvalue weighted by molar-refractivity contribution is 6.30. The Morgan fingerprint density at radius 2 is 2.05 bits per heavy atom. The zero-order valence-corrected chi connectivity index (χ0v) is 12.0. The monoisotopic (exact) mass is 280 g/mol. The summed E-state index contributed by atoms with van der Waals surface area (Å²) in [6.07, 6.45) is 9.06. The molecule has 0 amide bonds. The Morgan fingerprint density at radius 3 is 2.84 bits per heavy atom. The van der Waals surface area contributed by atoms with Crippen LogP contribution in [0.1, 0.15) is 44.9 Å². The van der Waals surface area contributed by atoms with Gasteiger partial charge in [0.05, 0.1) is 11.7 Å². The van der Waals surface area contributed by atoms with E-state index in [2.05, 4.69) is 0 Å². The Balaban J connectivity index is 1.52. The van der Waals surface area contributed by atoms with E-state index in [1.807, 2.05) is 24.3 Å². The maximum Gasteiger partial charge on any atom is 0.120 e. The van der Waals surface area contributed by atoms with Gasteiger partial charge in [-0.3, -0.25) is 0 Å². The summed E-state index contributed by atoms with van der Waals surface area (Å²) in [5, 5.41) is 0.716. The fourth-order valence-electron chi connectivity index (χ4n) is 3.32. The van der Waals surface area contributed by atoms with E-state index in [4.69, 9.17) is 21.1 Å². The Hall–Kier alpha value is -0.730. The Bertz CT molecular complexity index is 427. The molecule has 1 aromatic carbocycles. The highest BCUT2D eigenvalue weighted by Crippen LogP contribution is 2.41. The first kappa shape index (κ1) is 13.3. The first-order valence-corrected chi connectivity index (χ1v) is 7.70. The molecule has 0 radical (unpaired) electrons. The zero-order valence-electron chi connectivity index (χ0n) is 11.2. The highest BCUT2D eigenvalue weighted by Gasteiger charge is 2.40. The molecule has 2 aliphatic rings. The molecule has 1 aliphatic carbocycles. The van der Waals surface area contributed by atoms with E-state index in [0.717, 1.165) is 12.2 Å². The summed E-state index contributed by atoms with van der Waals surface area (Å²) < 4.78 is 12.1. The summed E-state index contributed by atoms with van der Waals surface area (Å²) in [5.74, 6) is 0.834. The van der Waals surface area contributed by atoms with Gasteiger partial charge in [-0.1, -0.05) is 36.9 Å². The summed E-state index contributed by atoms with van der Waals surface area (Å²) in [7, 11) is 0. The molecule has 0 N–H and O–H groups in total. The van der Waals surface area contributed by atoms with Gasteiger partial charge in [-0.25, -0.2) is 0 Å². The van der Waals surface area contributed by atoms with Crippen LogP contribution in [0.25, 0.3) is 0 Å². The molecule has 104 valence electrons. The molecule has 1 aliphatic heterocycles. The van der Waals surface area contributed by atoms with Gasteiger partial charge in [0.1, 0.15) is 12.4 Å². The van der Waals surface area contributed by atoms with Crippen molar-refractivity contribution in [3.63, 3.8) is 0 Å². The second kappa shape index (κ2) is 5.72. The van der Waals surface area contributed by atoms with Crippen LogP contribution >= 0.6 is 11.6 Å². The van der Waals surface area contributed by atoms with E-state index in [1.165, 1.54) is 38.5 Å². The first-order valence-electron chi connectivity index (χ1n) is 7.32. The lowest BCUT2D eigenvalue weighted by Crippen LogP contribution is -2.32. The Morgan fingerprint density at radius 1 is 1.21 bits per heavy atom. The predicted molar refractivity (Wildman–Crippen MR) is 76.9 cm³/mol. The van der Waals surface area contributed by atoms with Crippen molar-refractivity contribution in [3.8, 4) is 5.75 Å². The van der Waals surface area contributed by atoms with Crippen molar-refractivity contribution < 1.29 is 9.47 Å². The summed E-state index contributed by atoms with van der Waals surface area (Å²) in [4.78, 5) is 0. The number of halogens is 1. The molecule has 0 bridgehead atoms. The van der Waals surface area contributed by atoms with Crippen molar-refractivity contribution in [1.29, 1.82) is 0 Å². The maximum absolute atomic E-state index is 6.28. The van der Waals surface area contributed by atoms with Crippen LogP contribution in [0.3, 0.4) is 0 Å². The molecule has 1 unspecified atom stereocenters. The fraction of sp³-hybridized carbons (Fsp3) is 0.625. The second-order valence-corrected chi connectivity index (χ2v) is 6.23. The summed E-state index contributed by atoms with van der Waals surface area (Å²) >= 11 is 5.95. The van der Waals surface area contributed by atoms with Crippen molar-refractivity contribution in [2.75, 3.05) is 6.61 Å². The van der Waals surface area contributed by atoms with E-state index in [1.54, 1.807) is 0 Å². The van der Waals surface area contributed by atoms with Gasteiger partial charge in [-0.05, 0) is 43.9 Å². The topological polar surface area (TPSA) is 18.5 Å². The van der Waals surface area contributed by atoms with E-state index in [-0.39, 0.29) is 11.7 Å². The van der Waals surface area contributed by atoms with Gasteiger partial charge in [-0.2, -0.15) is 0 Å². The molecule has 3 rings (SSSR count). The van der Waals surface area contributed by atoms with Crippen LogP contribution < -0.4 is 4.74 Å². The number of benzene rings is 1. The standard InChI is InChI=1S/C16H21ClO2/c17-13-5-4-6-14(11-13)18-12-15-7-10-16(19-15)8-2-1-3-9-16/h4-6,11,15H,1-3,7-10,12H2. The molecule has 1 atom stereocenters. The Labute approximate surface area is 120 Å². The molecule has 2 fully saturated rings. The van der Waals surface area contributed by atoms with Crippen LogP contribution in [0.4, 0.5) is 0 Å². The average molecular weight is 281 g/mol. The number of hydrogen-bond acceptors (Lipinski definition) is 2. The molecule has 1 aromatic rings. The zero-order chi connectivity index (χ0) is 13.1. The van der Waals surface area contributed by atoms with Crippen molar-refractivity contribution in [2.45, 2.75) is 56.7 Å². The third-order valence-corrected chi connectivity index (χ3v) is 4.57. The van der Waals surface area contributed by atoms with Crippen LogP contribution in [-0.4, -0.2) is 18.3 Å². The van der Waals surface area contributed by atoms with Crippen LogP contribution in [0.2, 0.25) is 5.02 Å². The molecular weight excluding hydrogens is 260 g/mol. The number of hydrogen-bond donors (Lipinski definition) is 0. The minimum absolute atomic E-state index is 0.181. The van der Waals surface area contributed by atoms with Gasteiger partial charge < -0.3 is 9.47 Å². The molecule has 1 heterocycles. The minimum atomic E-state index is 0.181. The molecule has 1 spiro atoms. The van der Waals surface area contributed by atoms with Crippen molar-refractivity contribution in [2.24, 2.45) is 0 Å². The summed E-state index contributed by atoms with van der Waals surface area (Å²) in [6.45, 7) is 0.641. The van der Waals surface area contributed by atoms with Gasteiger partial charge in [0.2, 0.25) is 0 Å². The lowest BCUT2D eigenvalue weighted by atomic mass is 9.83. The van der Waals surface area contributed by atoms with E-state index < -0.39 is 0 Å². The molecule has 2 nitrogen and oxygen atoms in total. The molecular formula is C16H21ClO2. The van der Waals surface area contributed by atoms with E-state index >= 15 is 0 Å². The van der Waals surface area contributed by atoms with Crippen LogP contribution in [0.15, 0.2) is 24.3 Å². The SMILES string of the molecule is Clc1cccc(OCC2CCC3(CCCCC3)O2)c1. The summed E-state index contributed by atoms with van der Waals surface area (Å²) in [5.41, 5.74) is 0.181. The van der Waals surface area contributed by atoms with Gasteiger partial charge in [0.15, 0.2) is 0 Å². The molecule has 1 saturated carbocycles. The van der Waals surface area contributed by atoms with Gasteiger partial charge in [0.25, 0.3) is 0 Å². The quantitative estimate of drug-likeness (QED) is 0.805. The lowest BCUT2D eigenvalue weighted by Gasteiger charge is -2.33. The van der Waals surface area contributed by atoms with E-state index in [9.17, 15) is 0 Å². The lowest BCUT2D eigenvalue weighted by molar-refractivity contribution is -0.0748. The van der Waals surface area contributed by atoms with Gasteiger partial charge in [-0.15, -0.1) is 0 Å². The van der Waals surface area contributed by atoms with Gasteiger partial charge in [0, 0.05) is 5.02 Å². The van der Waals surface area contributed by atoms with Crippen molar-refractivity contribution >= 4 is 11.6 Å². The summed E-state index contributed by atoms with van der Waals surface area (Å²) in [6, 6.07) is 7.57. The predicted octanol–water partition coefficient (Wildman–Crippen LogP) is 4.60.